The smallest absolute Gasteiger partial charge is 0.290 e. The molecule has 6 nitrogen and oxygen atoms in total. The summed E-state index contributed by atoms with van der Waals surface area (Å²) < 4.78 is 5.38. The van der Waals surface area contributed by atoms with E-state index in [0.717, 1.165) is 5.56 Å². The number of para-hydroxylation sites is 1. The van der Waals surface area contributed by atoms with Crippen molar-refractivity contribution in [1.29, 1.82) is 0 Å². The first-order valence-corrected chi connectivity index (χ1v) is 8.83. The van der Waals surface area contributed by atoms with Crippen LogP contribution in [0.15, 0.2) is 72.0 Å². The van der Waals surface area contributed by atoms with E-state index in [0.29, 0.717) is 11.3 Å². The monoisotopic (exact) mass is 379 g/mol. The molecule has 0 aromatic heterocycles. The summed E-state index contributed by atoms with van der Waals surface area (Å²) in [6, 6.07) is 15.4. The van der Waals surface area contributed by atoms with Gasteiger partial charge in [0.05, 0.1) is 25.3 Å². The van der Waals surface area contributed by atoms with E-state index in [2.05, 4.69) is 0 Å². The molecule has 3 rings (SSSR count). The minimum atomic E-state index is -0.844. The van der Waals surface area contributed by atoms with Gasteiger partial charge in [-0.1, -0.05) is 54.6 Å². The Morgan fingerprint density at radius 1 is 1.14 bits per heavy atom. The zero-order valence-electron chi connectivity index (χ0n) is 15.4. The van der Waals surface area contributed by atoms with Gasteiger partial charge in [0, 0.05) is 12.1 Å². The second-order valence-corrected chi connectivity index (χ2v) is 6.24. The molecule has 0 radical (unpaired) electrons. The number of ketones is 1. The van der Waals surface area contributed by atoms with Crippen LogP contribution in [-0.4, -0.2) is 47.1 Å². The number of carbonyl (C=O) groups excluding carboxylic acids is 2. The zero-order chi connectivity index (χ0) is 20.1. The second kappa shape index (κ2) is 8.54. The van der Waals surface area contributed by atoms with Crippen LogP contribution in [0.2, 0.25) is 0 Å². The molecule has 2 aromatic rings. The third-order valence-corrected chi connectivity index (χ3v) is 4.57. The van der Waals surface area contributed by atoms with Crippen LogP contribution >= 0.6 is 0 Å². The van der Waals surface area contributed by atoms with Crippen LogP contribution in [-0.2, 0) is 9.59 Å². The Bertz CT molecular complexity index is 933. The molecule has 2 N–H and O–H groups in total. The fourth-order valence-corrected chi connectivity index (χ4v) is 3.29. The molecule has 0 saturated carbocycles. The quantitative estimate of drug-likeness (QED) is 0.723. The normalized spacial score (nSPS) is 16.9. The molecule has 0 saturated heterocycles. The lowest BCUT2D eigenvalue weighted by molar-refractivity contribution is -0.129. The highest BCUT2D eigenvalue weighted by molar-refractivity contribution is 6.14. The van der Waals surface area contributed by atoms with Crippen molar-refractivity contribution >= 4 is 17.8 Å². The van der Waals surface area contributed by atoms with E-state index in [4.69, 9.17) is 4.74 Å². The lowest BCUT2D eigenvalue weighted by atomic mass is 9.95. The maximum atomic E-state index is 12.9. The highest BCUT2D eigenvalue weighted by Crippen LogP contribution is 2.41. The van der Waals surface area contributed by atoms with Crippen molar-refractivity contribution in [3.8, 4) is 5.75 Å². The van der Waals surface area contributed by atoms with E-state index < -0.39 is 23.5 Å². The number of carbonyl (C=O) groups is 2. The number of hydrogen-bond donors (Lipinski definition) is 2. The molecule has 1 atom stereocenters. The van der Waals surface area contributed by atoms with Crippen molar-refractivity contribution in [2.75, 3.05) is 20.3 Å². The van der Waals surface area contributed by atoms with E-state index in [1.165, 1.54) is 18.1 Å². The van der Waals surface area contributed by atoms with E-state index >= 15 is 0 Å². The number of nitrogens with zero attached hydrogens (tertiary/aromatic N) is 1. The Hall–Kier alpha value is -3.38. The molecule has 0 bridgehead atoms. The molecule has 0 aliphatic carbocycles. The van der Waals surface area contributed by atoms with Gasteiger partial charge < -0.3 is 19.8 Å². The average molecular weight is 379 g/mol. The number of benzene rings is 2. The highest BCUT2D eigenvalue weighted by atomic mass is 16.5. The number of methoxy groups -OCH3 is 1. The van der Waals surface area contributed by atoms with Crippen LogP contribution in [0.3, 0.4) is 0 Å². The predicted molar refractivity (Wildman–Crippen MR) is 105 cm³/mol. The molecule has 1 amide bonds. The Labute approximate surface area is 163 Å². The number of allylic oxidation sites excluding steroid dienone is 1. The van der Waals surface area contributed by atoms with Crippen LogP contribution in [0, 0.1) is 0 Å². The molecule has 1 heterocycles. The lowest BCUT2D eigenvalue weighted by Gasteiger charge is -2.27. The Kier molecular flexibility index (Phi) is 5.91. The van der Waals surface area contributed by atoms with Crippen molar-refractivity contribution in [3.63, 3.8) is 0 Å². The van der Waals surface area contributed by atoms with Gasteiger partial charge in [-0.25, -0.2) is 0 Å². The first-order valence-electron chi connectivity index (χ1n) is 8.83. The third kappa shape index (κ3) is 3.68. The summed E-state index contributed by atoms with van der Waals surface area (Å²) in [4.78, 5) is 26.8. The lowest BCUT2D eigenvalue weighted by Crippen LogP contribution is -2.33. The summed E-state index contributed by atoms with van der Waals surface area (Å²) in [6.07, 6.45) is 2.96. The maximum Gasteiger partial charge on any atom is 0.290 e. The van der Waals surface area contributed by atoms with Crippen LogP contribution in [0.25, 0.3) is 6.08 Å². The highest BCUT2D eigenvalue weighted by Gasteiger charge is 2.43. The fraction of sp³-hybridized carbons (Fsp3) is 0.182. The molecule has 0 fully saturated rings. The molecular formula is C22H21NO5. The number of hydrogen-bond acceptors (Lipinski definition) is 5. The minimum Gasteiger partial charge on any atom is -0.503 e. The first-order chi connectivity index (χ1) is 13.6. The molecular weight excluding hydrogens is 358 g/mol. The molecule has 0 spiro atoms. The molecule has 1 aliphatic rings. The van der Waals surface area contributed by atoms with E-state index in [-0.39, 0.29) is 18.7 Å². The van der Waals surface area contributed by atoms with E-state index in [9.17, 15) is 19.8 Å². The van der Waals surface area contributed by atoms with Gasteiger partial charge >= 0.3 is 0 Å². The van der Waals surface area contributed by atoms with Gasteiger partial charge in [-0.05, 0) is 17.7 Å². The van der Waals surface area contributed by atoms with Crippen molar-refractivity contribution < 1.29 is 24.5 Å². The molecule has 28 heavy (non-hydrogen) atoms. The number of amides is 1. The topological polar surface area (TPSA) is 87.1 Å². The summed E-state index contributed by atoms with van der Waals surface area (Å²) in [6.45, 7) is -0.323. The van der Waals surface area contributed by atoms with Gasteiger partial charge in [-0.2, -0.15) is 0 Å². The molecule has 2 aromatic carbocycles. The fourth-order valence-electron chi connectivity index (χ4n) is 3.29. The number of aliphatic hydroxyl groups excluding tert-OH is 2. The van der Waals surface area contributed by atoms with Gasteiger partial charge in [0.2, 0.25) is 0 Å². The summed E-state index contributed by atoms with van der Waals surface area (Å²) in [5.74, 6) is -1.30. The standard InChI is InChI=1S/C22H21NO5/c1-28-18-10-6-5-9-16(18)20-19(21(26)22(27)23(20)13-14-24)17(25)12-11-15-7-3-2-4-8-15/h2-12,20,24,26H,13-14H2,1H3/b12-11+. The van der Waals surface area contributed by atoms with E-state index in [1.54, 1.807) is 30.3 Å². The van der Waals surface area contributed by atoms with Gasteiger partial charge in [0.1, 0.15) is 5.75 Å². The van der Waals surface area contributed by atoms with Gasteiger partial charge in [-0.3, -0.25) is 9.59 Å². The van der Waals surface area contributed by atoms with Crippen molar-refractivity contribution in [2.45, 2.75) is 6.04 Å². The summed E-state index contributed by atoms with van der Waals surface area (Å²) in [7, 11) is 1.49. The third-order valence-electron chi connectivity index (χ3n) is 4.57. The largest absolute Gasteiger partial charge is 0.503 e. The summed E-state index contributed by atoms with van der Waals surface area (Å²) in [5.41, 5.74) is 1.35. The Balaban J connectivity index is 2.04. The number of rotatable bonds is 7. The maximum absolute atomic E-state index is 12.9. The van der Waals surface area contributed by atoms with Gasteiger partial charge in [0.25, 0.3) is 5.91 Å². The van der Waals surface area contributed by atoms with Crippen LogP contribution in [0.1, 0.15) is 17.2 Å². The SMILES string of the molecule is COc1ccccc1C1C(C(=O)/C=C/c2ccccc2)=C(O)C(=O)N1CCO. The number of ether oxygens (including phenoxy) is 1. The van der Waals surface area contributed by atoms with Crippen LogP contribution in [0.4, 0.5) is 0 Å². The zero-order valence-corrected chi connectivity index (χ0v) is 15.4. The minimum absolute atomic E-state index is 0.0230. The van der Waals surface area contributed by atoms with Crippen molar-refractivity contribution in [1.82, 2.24) is 4.90 Å². The second-order valence-electron chi connectivity index (χ2n) is 6.24. The summed E-state index contributed by atoms with van der Waals surface area (Å²) in [5, 5.41) is 19.8. The Morgan fingerprint density at radius 3 is 2.50 bits per heavy atom. The predicted octanol–water partition coefficient (Wildman–Crippen LogP) is 2.67. The molecule has 144 valence electrons. The van der Waals surface area contributed by atoms with Gasteiger partial charge in [-0.15, -0.1) is 0 Å². The van der Waals surface area contributed by atoms with Gasteiger partial charge in [0.15, 0.2) is 11.5 Å². The average Bonchev–Trinajstić information content (AvgIpc) is 2.98. The van der Waals surface area contributed by atoms with E-state index in [1.807, 2.05) is 30.3 Å². The number of β-amino-alcohol motifs (C(OH)–C–C–N with tert-alkyl or cyclic N) is 1. The number of aliphatic hydroxyl groups is 2. The van der Waals surface area contributed by atoms with Crippen LogP contribution < -0.4 is 4.74 Å². The van der Waals surface area contributed by atoms with Crippen molar-refractivity contribution in [3.05, 3.63) is 83.1 Å². The first kappa shape index (κ1) is 19.4. The Morgan fingerprint density at radius 2 is 1.82 bits per heavy atom. The molecule has 1 aliphatic heterocycles. The molecule has 1 unspecified atom stereocenters. The molecule has 6 heteroatoms. The van der Waals surface area contributed by atoms with Crippen LogP contribution in [0.5, 0.6) is 5.75 Å². The summed E-state index contributed by atoms with van der Waals surface area (Å²) >= 11 is 0. The van der Waals surface area contributed by atoms with Crippen molar-refractivity contribution in [2.24, 2.45) is 0 Å².